The highest BCUT2D eigenvalue weighted by molar-refractivity contribution is 5.81. The van der Waals surface area contributed by atoms with Gasteiger partial charge in [-0.2, -0.15) is 0 Å². The molecular weight excluding hydrogens is 290 g/mol. The van der Waals surface area contributed by atoms with Gasteiger partial charge in [-0.3, -0.25) is 14.8 Å². The minimum absolute atomic E-state index is 0.0765. The van der Waals surface area contributed by atoms with Crippen LogP contribution in [0.1, 0.15) is 12.0 Å². The van der Waals surface area contributed by atoms with Crippen LogP contribution in [0.3, 0.4) is 0 Å². The second-order valence-electron chi connectivity index (χ2n) is 6.24. The third-order valence-corrected chi connectivity index (χ3v) is 4.84. The number of rotatable bonds is 3. The van der Waals surface area contributed by atoms with Gasteiger partial charge in [0.05, 0.1) is 12.1 Å². The highest BCUT2D eigenvalue weighted by Gasteiger charge is 2.43. The Bertz CT molecular complexity index is 678. The fourth-order valence-corrected chi connectivity index (χ4v) is 3.62. The summed E-state index contributed by atoms with van der Waals surface area (Å²) < 4.78 is 0. The van der Waals surface area contributed by atoms with Crippen LogP contribution in [0.4, 0.5) is 5.82 Å². The Hall–Kier alpha value is -2.50. The van der Waals surface area contributed by atoms with Crippen LogP contribution in [0.15, 0.2) is 43.1 Å². The van der Waals surface area contributed by atoms with E-state index >= 15 is 0 Å². The summed E-state index contributed by atoms with van der Waals surface area (Å²) >= 11 is 0. The average Bonchev–Trinajstić information content (AvgIpc) is 3.04. The molecule has 0 aliphatic carbocycles. The van der Waals surface area contributed by atoms with Crippen molar-refractivity contribution in [2.75, 3.05) is 24.5 Å². The molecule has 6 heteroatoms. The van der Waals surface area contributed by atoms with Crippen LogP contribution in [0.5, 0.6) is 0 Å². The molecule has 0 bridgehead atoms. The van der Waals surface area contributed by atoms with E-state index in [4.69, 9.17) is 0 Å². The summed E-state index contributed by atoms with van der Waals surface area (Å²) in [5, 5.41) is 0. The standard InChI is InChI=1S/C17H19N5O/c23-17-15-12-22(16-9-19-6-7-20-16)11-14(15)3-8-21(17)10-13-1-4-18-5-2-13/h1-2,4-7,9,14-15H,3,8,10-12H2/t14-,15+/m0/s1. The van der Waals surface area contributed by atoms with Crippen molar-refractivity contribution in [3.8, 4) is 0 Å². The van der Waals surface area contributed by atoms with Crippen LogP contribution in [-0.4, -0.2) is 45.4 Å². The first kappa shape index (κ1) is 14.1. The number of carbonyl (C=O) groups excluding carboxylic acids is 1. The molecule has 6 nitrogen and oxygen atoms in total. The van der Waals surface area contributed by atoms with Crippen molar-refractivity contribution in [1.29, 1.82) is 0 Å². The van der Waals surface area contributed by atoms with E-state index in [9.17, 15) is 4.79 Å². The van der Waals surface area contributed by atoms with Crippen LogP contribution < -0.4 is 4.90 Å². The number of amides is 1. The molecule has 0 radical (unpaired) electrons. The largest absolute Gasteiger partial charge is 0.354 e. The molecule has 2 atom stereocenters. The van der Waals surface area contributed by atoms with Gasteiger partial charge in [0.15, 0.2) is 0 Å². The number of hydrogen-bond acceptors (Lipinski definition) is 5. The molecular formula is C17H19N5O. The van der Waals surface area contributed by atoms with Crippen LogP contribution in [0.2, 0.25) is 0 Å². The molecule has 2 aliphatic heterocycles. The van der Waals surface area contributed by atoms with Gasteiger partial charge in [0, 0.05) is 51.0 Å². The summed E-state index contributed by atoms with van der Waals surface area (Å²) in [5.74, 6) is 1.64. The van der Waals surface area contributed by atoms with Crippen LogP contribution in [0.25, 0.3) is 0 Å². The van der Waals surface area contributed by atoms with Crippen molar-refractivity contribution in [3.63, 3.8) is 0 Å². The molecule has 2 saturated heterocycles. The first-order chi connectivity index (χ1) is 11.3. The molecule has 0 saturated carbocycles. The summed E-state index contributed by atoms with van der Waals surface area (Å²) in [7, 11) is 0. The third-order valence-electron chi connectivity index (χ3n) is 4.84. The lowest BCUT2D eigenvalue weighted by molar-refractivity contribution is -0.140. The van der Waals surface area contributed by atoms with Gasteiger partial charge in [0.2, 0.25) is 5.91 Å². The van der Waals surface area contributed by atoms with Crippen LogP contribution in [0, 0.1) is 11.8 Å². The molecule has 118 valence electrons. The first-order valence-corrected chi connectivity index (χ1v) is 8.00. The van der Waals surface area contributed by atoms with Gasteiger partial charge in [-0.15, -0.1) is 0 Å². The molecule has 0 unspecified atom stereocenters. The molecule has 2 aromatic heterocycles. The lowest BCUT2D eigenvalue weighted by Crippen LogP contribution is -2.44. The van der Waals surface area contributed by atoms with E-state index in [1.165, 1.54) is 0 Å². The average molecular weight is 309 g/mol. The number of fused-ring (bicyclic) bond motifs is 1. The maximum Gasteiger partial charge on any atom is 0.228 e. The van der Waals surface area contributed by atoms with E-state index in [1.54, 1.807) is 31.0 Å². The summed E-state index contributed by atoms with van der Waals surface area (Å²) in [5.41, 5.74) is 1.13. The molecule has 4 rings (SSSR count). The van der Waals surface area contributed by atoms with E-state index in [1.807, 2.05) is 17.0 Å². The van der Waals surface area contributed by atoms with Crippen molar-refractivity contribution in [2.24, 2.45) is 11.8 Å². The lowest BCUT2D eigenvalue weighted by atomic mass is 9.88. The Morgan fingerprint density at radius 3 is 2.74 bits per heavy atom. The highest BCUT2D eigenvalue weighted by Crippen LogP contribution is 2.34. The van der Waals surface area contributed by atoms with E-state index in [0.717, 1.165) is 37.4 Å². The topological polar surface area (TPSA) is 62.2 Å². The van der Waals surface area contributed by atoms with Crippen molar-refractivity contribution in [2.45, 2.75) is 13.0 Å². The summed E-state index contributed by atoms with van der Waals surface area (Å²) in [6.07, 6.45) is 9.76. The molecule has 1 amide bonds. The van der Waals surface area contributed by atoms with Gasteiger partial charge in [-0.25, -0.2) is 4.98 Å². The number of anilines is 1. The fraction of sp³-hybridized carbons (Fsp3) is 0.412. The Morgan fingerprint density at radius 2 is 1.96 bits per heavy atom. The molecule has 2 fully saturated rings. The van der Waals surface area contributed by atoms with Gasteiger partial charge in [-0.05, 0) is 30.0 Å². The fourth-order valence-electron chi connectivity index (χ4n) is 3.62. The number of hydrogen-bond donors (Lipinski definition) is 0. The van der Waals surface area contributed by atoms with Crippen molar-refractivity contribution in [3.05, 3.63) is 48.7 Å². The zero-order valence-electron chi connectivity index (χ0n) is 12.9. The Morgan fingerprint density at radius 1 is 1.09 bits per heavy atom. The molecule has 2 aromatic rings. The highest BCUT2D eigenvalue weighted by atomic mass is 16.2. The van der Waals surface area contributed by atoms with Crippen LogP contribution >= 0.6 is 0 Å². The second-order valence-corrected chi connectivity index (χ2v) is 6.24. The first-order valence-electron chi connectivity index (χ1n) is 8.00. The minimum Gasteiger partial charge on any atom is -0.354 e. The quantitative estimate of drug-likeness (QED) is 0.856. The monoisotopic (exact) mass is 309 g/mol. The van der Waals surface area contributed by atoms with Crippen molar-refractivity contribution in [1.82, 2.24) is 19.9 Å². The molecule has 0 aromatic carbocycles. The lowest BCUT2D eigenvalue weighted by Gasteiger charge is -2.33. The predicted octanol–water partition coefficient (Wildman–Crippen LogP) is 1.36. The normalized spacial score (nSPS) is 23.9. The number of piperidine rings is 1. The maximum absolute atomic E-state index is 12.8. The Balaban J connectivity index is 1.46. The van der Waals surface area contributed by atoms with E-state index in [2.05, 4.69) is 19.9 Å². The van der Waals surface area contributed by atoms with Gasteiger partial charge in [-0.1, -0.05) is 0 Å². The number of aromatic nitrogens is 3. The zero-order chi connectivity index (χ0) is 15.6. The van der Waals surface area contributed by atoms with E-state index < -0.39 is 0 Å². The Labute approximate surface area is 135 Å². The van der Waals surface area contributed by atoms with E-state index in [0.29, 0.717) is 12.5 Å². The Kier molecular flexibility index (Phi) is 3.65. The smallest absolute Gasteiger partial charge is 0.228 e. The number of nitrogens with zero attached hydrogens (tertiary/aromatic N) is 5. The van der Waals surface area contributed by atoms with Crippen molar-refractivity contribution >= 4 is 11.7 Å². The van der Waals surface area contributed by atoms with Gasteiger partial charge in [0.25, 0.3) is 0 Å². The number of likely N-dealkylation sites (tertiary alicyclic amines) is 1. The summed E-state index contributed by atoms with van der Waals surface area (Å²) in [4.78, 5) is 29.5. The van der Waals surface area contributed by atoms with E-state index in [-0.39, 0.29) is 11.8 Å². The molecule has 4 heterocycles. The van der Waals surface area contributed by atoms with Gasteiger partial charge in [0.1, 0.15) is 5.82 Å². The SMILES string of the molecule is O=C1[C@@H]2CN(c3cnccn3)C[C@@H]2CCN1Cc1ccncc1. The minimum atomic E-state index is 0.0765. The summed E-state index contributed by atoms with van der Waals surface area (Å²) in [6, 6.07) is 3.94. The number of pyridine rings is 1. The van der Waals surface area contributed by atoms with Crippen molar-refractivity contribution < 1.29 is 4.79 Å². The predicted molar refractivity (Wildman–Crippen MR) is 85.5 cm³/mol. The number of carbonyl (C=O) groups is 1. The summed E-state index contributed by atoms with van der Waals surface area (Å²) in [6.45, 7) is 3.15. The molecule has 23 heavy (non-hydrogen) atoms. The third kappa shape index (κ3) is 2.76. The van der Waals surface area contributed by atoms with Gasteiger partial charge < -0.3 is 9.80 Å². The van der Waals surface area contributed by atoms with Gasteiger partial charge >= 0.3 is 0 Å². The van der Waals surface area contributed by atoms with Crippen LogP contribution in [-0.2, 0) is 11.3 Å². The molecule has 0 spiro atoms. The zero-order valence-corrected chi connectivity index (χ0v) is 12.9. The second kappa shape index (κ2) is 5.95. The maximum atomic E-state index is 12.8. The molecule has 2 aliphatic rings. The molecule has 0 N–H and O–H groups in total.